The molecule has 3 rings (SSSR count). The Balaban J connectivity index is 1.56. The summed E-state index contributed by atoms with van der Waals surface area (Å²) in [6, 6.07) is 13.2. The lowest BCUT2D eigenvalue weighted by Crippen LogP contribution is -2.21. The average Bonchev–Trinajstić information content (AvgIpc) is 2.60. The zero-order chi connectivity index (χ0) is 17.8. The van der Waals surface area contributed by atoms with E-state index in [-0.39, 0.29) is 18.4 Å². The number of carbonyl (C=O) groups excluding carboxylic acids is 2. The van der Waals surface area contributed by atoms with Crippen LogP contribution < -0.4 is 15.4 Å². The molecule has 2 aromatic carbocycles. The molecule has 0 aliphatic carbocycles. The molecule has 0 atom stereocenters. The van der Waals surface area contributed by atoms with Crippen molar-refractivity contribution in [3.8, 4) is 5.75 Å². The molecule has 2 N–H and O–H groups in total. The third-order valence-corrected chi connectivity index (χ3v) is 4.89. The van der Waals surface area contributed by atoms with E-state index in [4.69, 9.17) is 4.74 Å². The van der Waals surface area contributed by atoms with Crippen LogP contribution in [0, 0.1) is 0 Å². The SMILES string of the molecule is CC(C)c1ccc(OCC(=O)Nc2ccc3c(c2)NC(=O)CS3)cc1. The maximum Gasteiger partial charge on any atom is 0.262 e. The van der Waals surface area contributed by atoms with E-state index in [9.17, 15) is 9.59 Å². The molecule has 5 nitrogen and oxygen atoms in total. The maximum absolute atomic E-state index is 12.1. The van der Waals surface area contributed by atoms with Crippen LogP contribution in [0.1, 0.15) is 25.3 Å². The smallest absolute Gasteiger partial charge is 0.262 e. The van der Waals surface area contributed by atoms with Crippen molar-refractivity contribution in [2.45, 2.75) is 24.7 Å². The van der Waals surface area contributed by atoms with E-state index in [1.807, 2.05) is 36.4 Å². The van der Waals surface area contributed by atoms with Crippen LogP contribution in [-0.2, 0) is 9.59 Å². The lowest BCUT2D eigenvalue weighted by molar-refractivity contribution is -0.118. The molecule has 6 heteroatoms. The third kappa shape index (κ3) is 4.54. The van der Waals surface area contributed by atoms with Crippen LogP contribution in [0.2, 0.25) is 0 Å². The highest BCUT2D eigenvalue weighted by Gasteiger charge is 2.16. The lowest BCUT2D eigenvalue weighted by Gasteiger charge is -2.17. The fourth-order valence-electron chi connectivity index (χ4n) is 2.46. The molecular formula is C19H20N2O3S. The van der Waals surface area contributed by atoms with Crippen LogP contribution >= 0.6 is 11.8 Å². The number of thioether (sulfide) groups is 1. The van der Waals surface area contributed by atoms with Crippen molar-refractivity contribution in [2.75, 3.05) is 23.0 Å². The molecule has 1 heterocycles. The van der Waals surface area contributed by atoms with Crippen molar-refractivity contribution in [3.05, 3.63) is 48.0 Å². The van der Waals surface area contributed by atoms with Crippen LogP contribution in [0.25, 0.3) is 0 Å². The number of nitrogens with one attached hydrogen (secondary N) is 2. The molecule has 0 fully saturated rings. The Bertz CT molecular complexity index is 788. The van der Waals surface area contributed by atoms with Gasteiger partial charge in [-0.15, -0.1) is 11.8 Å². The minimum Gasteiger partial charge on any atom is -0.484 e. The Hall–Kier alpha value is -2.47. The summed E-state index contributed by atoms with van der Waals surface area (Å²) in [6.45, 7) is 4.19. The van der Waals surface area contributed by atoms with E-state index in [1.165, 1.54) is 17.3 Å². The van der Waals surface area contributed by atoms with Gasteiger partial charge in [-0.1, -0.05) is 26.0 Å². The second-order valence-corrected chi connectivity index (χ2v) is 7.13. The van der Waals surface area contributed by atoms with Gasteiger partial charge < -0.3 is 15.4 Å². The molecule has 130 valence electrons. The molecule has 1 aliphatic heterocycles. The second kappa shape index (κ2) is 7.61. The van der Waals surface area contributed by atoms with Gasteiger partial charge in [0.15, 0.2) is 6.61 Å². The van der Waals surface area contributed by atoms with Gasteiger partial charge in [0.05, 0.1) is 11.4 Å². The number of rotatable bonds is 5. The van der Waals surface area contributed by atoms with Gasteiger partial charge in [0.1, 0.15) is 5.75 Å². The predicted molar refractivity (Wildman–Crippen MR) is 100 cm³/mol. The number of amides is 2. The normalized spacial score (nSPS) is 13.2. The highest BCUT2D eigenvalue weighted by Crippen LogP contribution is 2.33. The predicted octanol–water partition coefficient (Wildman–Crippen LogP) is 3.87. The fraction of sp³-hybridized carbons (Fsp3) is 0.263. The van der Waals surface area contributed by atoms with Crippen molar-refractivity contribution >= 4 is 35.0 Å². The number of ether oxygens (including phenoxy) is 1. The fourth-order valence-corrected chi connectivity index (χ4v) is 3.24. The minimum atomic E-state index is -0.248. The molecule has 0 saturated carbocycles. The van der Waals surface area contributed by atoms with Crippen molar-refractivity contribution in [1.29, 1.82) is 0 Å². The summed E-state index contributed by atoms with van der Waals surface area (Å²) in [7, 11) is 0. The lowest BCUT2D eigenvalue weighted by atomic mass is 10.0. The molecule has 0 aromatic heterocycles. The first-order valence-electron chi connectivity index (χ1n) is 8.10. The van der Waals surface area contributed by atoms with E-state index in [2.05, 4.69) is 24.5 Å². The molecule has 0 radical (unpaired) electrons. The Labute approximate surface area is 151 Å². The van der Waals surface area contributed by atoms with Crippen LogP contribution in [0.3, 0.4) is 0 Å². The number of benzene rings is 2. The Morgan fingerprint density at radius 1 is 1.24 bits per heavy atom. The number of fused-ring (bicyclic) bond motifs is 1. The molecule has 25 heavy (non-hydrogen) atoms. The molecule has 2 aromatic rings. The average molecular weight is 356 g/mol. The van der Waals surface area contributed by atoms with E-state index in [0.29, 0.717) is 23.1 Å². The highest BCUT2D eigenvalue weighted by atomic mass is 32.2. The van der Waals surface area contributed by atoms with Crippen LogP contribution in [-0.4, -0.2) is 24.2 Å². The van der Waals surface area contributed by atoms with Gasteiger partial charge in [0, 0.05) is 10.6 Å². The van der Waals surface area contributed by atoms with E-state index in [1.54, 1.807) is 6.07 Å². The highest BCUT2D eigenvalue weighted by molar-refractivity contribution is 8.00. The van der Waals surface area contributed by atoms with Crippen molar-refractivity contribution in [3.63, 3.8) is 0 Å². The summed E-state index contributed by atoms with van der Waals surface area (Å²) in [6.07, 6.45) is 0. The van der Waals surface area contributed by atoms with E-state index < -0.39 is 0 Å². The van der Waals surface area contributed by atoms with Crippen LogP contribution in [0.15, 0.2) is 47.4 Å². The van der Waals surface area contributed by atoms with Gasteiger partial charge in [0.2, 0.25) is 5.91 Å². The summed E-state index contributed by atoms with van der Waals surface area (Å²) < 4.78 is 5.52. The second-order valence-electron chi connectivity index (χ2n) is 6.11. The summed E-state index contributed by atoms with van der Waals surface area (Å²) in [4.78, 5) is 24.5. The number of hydrogen-bond acceptors (Lipinski definition) is 4. The topological polar surface area (TPSA) is 67.4 Å². The summed E-state index contributed by atoms with van der Waals surface area (Å²) in [5.41, 5.74) is 2.58. The molecule has 0 bridgehead atoms. The zero-order valence-electron chi connectivity index (χ0n) is 14.2. The van der Waals surface area contributed by atoms with Gasteiger partial charge in [-0.3, -0.25) is 9.59 Å². The molecule has 0 saturated heterocycles. The molecular weight excluding hydrogens is 336 g/mol. The Morgan fingerprint density at radius 2 is 2.00 bits per heavy atom. The first kappa shape index (κ1) is 17.4. The van der Waals surface area contributed by atoms with Gasteiger partial charge in [-0.05, 0) is 41.8 Å². The number of anilines is 2. The standard InChI is InChI=1S/C19H20N2O3S/c1-12(2)13-3-6-15(7-4-13)24-10-18(22)20-14-5-8-17-16(9-14)21-19(23)11-25-17/h3-9,12H,10-11H2,1-2H3,(H,20,22)(H,21,23). The Kier molecular flexibility index (Phi) is 5.28. The summed E-state index contributed by atoms with van der Waals surface area (Å²) in [5.74, 6) is 1.26. The first-order valence-corrected chi connectivity index (χ1v) is 9.09. The molecule has 1 aliphatic rings. The molecule has 2 amide bonds. The summed E-state index contributed by atoms with van der Waals surface area (Å²) in [5, 5.41) is 5.59. The van der Waals surface area contributed by atoms with Gasteiger partial charge >= 0.3 is 0 Å². The van der Waals surface area contributed by atoms with Crippen molar-refractivity contribution in [2.24, 2.45) is 0 Å². The Morgan fingerprint density at radius 3 is 2.72 bits per heavy atom. The van der Waals surface area contributed by atoms with Crippen LogP contribution in [0.4, 0.5) is 11.4 Å². The zero-order valence-corrected chi connectivity index (χ0v) is 15.0. The van der Waals surface area contributed by atoms with Gasteiger partial charge in [-0.2, -0.15) is 0 Å². The van der Waals surface area contributed by atoms with Crippen molar-refractivity contribution < 1.29 is 14.3 Å². The summed E-state index contributed by atoms with van der Waals surface area (Å²) >= 11 is 1.49. The van der Waals surface area contributed by atoms with Crippen LogP contribution in [0.5, 0.6) is 5.75 Å². The quantitative estimate of drug-likeness (QED) is 0.853. The van der Waals surface area contributed by atoms with Gasteiger partial charge in [-0.25, -0.2) is 0 Å². The van der Waals surface area contributed by atoms with Crippen molar-refractivity contribution in [1.82, 2.24) is 0 Å². The maximum atomic E-state index is 12.1. The minimum absolute atomic E-state index is 0.0332. The van der Waals surface area contributed by atoms with E-state index >= 15 is 0 Å². The number of hydrogen-bond donors (Lipinski definition) is 2. The first-order chi connectivity index (χ1) is 12.0. The number of carbonyl (C=O) groups is 2. The third-order valence-electron chi connectivity index (χ3n) is 3.81. The van der Waals surface area contributed by atoms with Gasteiger partial charge in [0.25, 0.3) is 5.91 Å². The van der Waals surface area contributed by atoms with E-state index in [0.717, 1.165) is 10.6 Å². The monoisotopic (exact) mass is 356 g/mol. The molecule has 0 spiro atoms. The largest absolute Gasteiger partial charge is 0.484 e. The molecule has 0 unspecified atom stereocenters.